The van der Waals surface area contributed by atoms with Gasteiger partial charge in [0.25, 0.3) is 0 Å². The fourth-order valence-corrected chi connectivity index (χ4v) is 1.73. The van der Waals surface area contributed by atoms with Crippen LogP contribution in [0.4, 0.5) is 0 Å². The van der Waals surface area contributed by atoms with Gasteiger partial charge in [0.1, 0.15) is 0 Å². The van der Waals surface area contributed by atoms with Crippen LogP contribution in [0.3, 0.4) is 0 Å². The fraction of sp³-hybridized carbons (Fsp3) is 0.889. The lowest BCUT2D eigenvalue weighted by Gasteiger charge is -2.35. The van der Waals surface area contributed by atoms with Crippen LogP contribution in [-0.4, -0.2) is 48.8 Å². The molecule has 0 rings (SSSR count). The Balaban J connectivity index is 4.40. The van der Waals surface area contributed by atoms with E-state index in [2.05, 4.69) is 0 Å². The lowest BCUT2D eigenvalue weighted by Crippen LogP contribution is -2.45. The summed E-state index contributed by atoms with van der Waals surface area (Å²) in [5, 5.41) is 13.5. The van der Waals surface area contributed by atoms with E-state index in [0.717, 1.165) is 0 Å². The van der Waals surface area contributed by atoms with Crippen LogP contribution in [0.25, 0.3) is 0 Å². The molecule has 0 bridgehead atoms. The van der Waals surface area contributed by atoms with Crippen molar-refractivity contribution >= 4 is 16.0 Å². The van der Waals surface area contributed by atoms with Crippen molar-refractivity contribution < 1.29 is 18.3 Å². The molecule has 0 aromatic rings. The average Bonchev–Trinajstić information content (AvgIpc) is 1.98. The van der Waals surface area contributed by atoms with Crippen molar-refractivity contribution in [3.05, 3.63) is 0 Å². The van der Waals surface area contributed by atoms with Gasteiger partial charge in [0.2, 0.25) is 10.0 Å². The van der Waals surface area contributed by atoms with Gasteiger partial charge in [0, 0.05) is 18.6 Å². The second-order valence-corrected chi connectivity index (χ2v) is 6.40. The molecule has 0 saturated carbocycles. The molecule has 96 valence electrons. The smallest absolute Gasteiger partial charge is 0.304 e. The third kappa shape index (κ3) is 7.61. The molecule has 0 saturated heterocycles. The van der Waals surface area contributed by atoms with Gasteiger partial charge in [-0.3, -0.25) is 9.69 Å². The highest BCUT2D eigenvalue weighted by Crippen LogP contribution is 2.13. The van der Waals surface area contributed by atoms with E-state index in [9.17, 15) is 13.2 Å². The molecular weight excluding hydrogens is 232 g/mol. The number of carbonyl (C=O) groups is 1. The third-order valence-corrected chi connectivity index (χ3v) is 2.94. The van der Waals surface area contributed by atoms with E-state index in [4.69, 9.17) is 10.2 Å². The van der Waals surface area contributed by atoms with Gasteiger partial charge >= 0.3 is 5.97 Å². The maximum absolute atomic E-state index is 10.8. The van der Waals surface area contributed by atoms with E-state index in [1.807, 2.05) is 20.8 Å². The van der Waals surface area contributed by atoms with E-state index in [1.165, 1.54) is 0 Å². The normalized spacial score (nSPS) is 13.1. The van der Waals surface area contributed by atoms with Crippen LogP contribution in [0.2, 0.25) is 0 Å². The quantitative estimate of drug-likeness (QED) is 0.684. The summed E-state index contributed by atoms with van der Waals surface area (Å²) in [4.78, 5) is 12.3. The number of carboxylic acid groups (broad SMARTS) is 1. The molecule has 3 N–H and O–H groups in total. The Hall–Kier alpha value is -0.660. The molecule has 0 aliphatic rings. The van der Waals surface area contributed by atoms with Crippen LogP contribution in [0.15, 0.2) is 0 Å². The van der Waals surface area contributed by atoms with Crippen molar-refractivity contribution in [3.63, 3.8) is 0 Å². The van der Waals surface area contributed by atoms with Crippen LogP contribution < -0.4 is 5.14 Å². The molecule has 6 nitrogen and oxygen atoms in total. The van der Waals surface area contributed by atoms with Gasteiger partial charge in [-0.25, -0.2) is 13.6 Å². The molecule has 0 unspecified atom stereocenters. The number of hydrogen-bond acceptors (Lipinski definition) is 4. The average molecular weight is 252 g/mol. The fourth-order valence-electron chi connectivity index (χ4n) is 1.25. The van der Waals surface area contributed by atoms with Crippen LogP contribution in [-0.2, 0) is 14.8 Å². The van der Waals surface area contributed by atoms with Gasteiger partial charge in [-0.1, -0.05) is 0 Å². The summed E-state index contributed by atoms with van der Waals surface area (Å²) >= 11 is 0. The summed E-state index contributed by atoms with van der Waals surface area (Å²) in [6, 6.07) is 0. The Morgan fingerprint density at radius 3 is 2.12 bits per heavy atom. The van der Waals surface area contributed by atoms with E-state index < -0.39 is 16.0 Å². The largest absolute Gasteiger partial charge is 0.481 e. The molecule has 0 atom stereocenters. The monoisotopic (exact) mass is 252 g/mol. The molecule has 0 heterocycles. The topological polar surface area (TPSA) is 101 Å². The Morgan fingerprint density at radius 1 is 1.31 bits per heavy atom. The first-order chi connectivity index (χ1) is 7.02. The van der Waals surface area contributed by atoms with Gasteiger partial charge < -0.3 is 5.11 Å². The standard InChI is InChI=1S/C9H20N2O4S/c1-9(2,3)11(5-4-8(12)13)6-7-16(10,14)15/h4-7H2,1-3H3,(H,12,13)(H2,10,14,15). The maximum Gasteiger partial charge on any atom is 0.304 e. The zero-order valence-electron chi connectivity index (χ0n) is 9.93. The van der Waals surface area contributed by atoms with E-state index in [0.29, 0.717) is 6.54 Å². The van der Waals surface area contributed by atoms with Crippen LogP contribution in [0.1, 0.15) is 27.2 Å². The first-order valence-electron chi connectivity index (χ1n) is 5.00. The highest BCUT2D eigenvalue weighted by molar-refractivity contribution is 7.89. The lowest BCUT2D eigenvalue weighted by atomic mass is 10.1. The highest BCUT2D eigenvalue weighted by atomic mass is 32.2. The van der Waals surface area contributed by atoms with Crippen LogP contribution in [0, 0.1) is 0 Å². The SMILES string of the molecule is CC(C)(C)N(CCC(=O)O)CCS(N)(=O)=O. The Morgan fingerprint density at radius 2 is 1.81 bits per heavy atom. The molecule has 0 spiro atoms. The number of nitrogens with two attached hydrogens (primary N) is 1. The molecule has 0 aromatic heterocycles. The molecular formula is C9H20N2O4S. The molecule has 0 aliphatic heterocycles. The van der Waals surface area contributed by atoms with Crippen LogP contribution in [0.5, 0.6) is 0 Å². The van der Waals surface area contributed by atoms with Gasteiger partial charge in [-0.05, 0) is 20.8 Å². The second-order valence-electron chi connectivity index (χ2n) is 4.67. The van der Waals surface area contributed by atoms with Gasteiger partial charge in [0.05, 0.1) is 12.2 Å². The predicted molar refractivity (Wildman–Crippen MR) is 61.6 cm³/mol. The van der Waals surface area contributed by atoms with Crippen molar-refractivity contribution in [1.82, 2.24) is 4.90 Å². The number of nitrogens with zero attached hydrogens (tertiary/aromatic N) is 1. The first kappa shape index (κ1) is 15.3. The summed E-state index contributed by atoms with van der Waals surface area (Å²) in [6.45, 7) is 6.26. The minimum absolute atomic E-state index is 0.0120. The number of sulfonamides is 1. The Bertz CT molecular complexity index is 332. The second kappa shape index (κ2) is 5.60. The van der Waals surface area contributed by atoms with Crippen molar-refractivity contribution in [3.8, 4) is 0 Å². The maximum atomic E-state index is 10.8. The van der Waals surface area contributed by atoms with Crippen molar-refractivity contribution in [2.24, 2.45) is 5.14 Å². The zero-order valence-corrected chi connectivity index (χ0v) is 10.7. The number of aliphatic carboxylic acids is 1. The van der Waals surface area contributed by atoms with Crippen molar-refractivity contribution in [2.75, 3.05) is 18.8 Å². The molecule has 0 aromatic carbocycles. The number of hydrogen-bond donors (Lipinski definition) is 2. The molecule has 0 fully saturated rings. The first-order valence-corrected chi connectivity index (χ1v) is 6.71. The van der Waals surface area contributed by atoms with E-state index in [-0.39, 0.29) is 24.3 Å². The van der Waals surface area contributed by atoms with E-state index >= 15 is 0 Å². The summed E-state index contributed by atoms with van der Waals surface area (Å²) in [6.07, 6.45) is -0.0120. The zero-order chi connectivity index (χ0) is 13.0. The Labute approximate surface area is 96.5 Å². The number of primary sulfonamides is 1. The predicted octanol–water partition coefficient (Wildman–Crippen LogP) is -0.150. The van der Waals surface area contributed by atoms with Crippen LogP contribution >= 0.6 is 0 Å². The minimum atomic E-state index is -3.51. The van der Waals surface area contributed by atoms with Crippen molar-refractivity contribution in [2.45, 2.75) is 32.7 Å². The van der Waals surface area contributed by atoms with E-state index in [1.54, 1.807) is 4.90 Å². The summed E-state index contributed by atoms with van der Waals surface area (Å²) in [7, 11) is -3.51. The summed E-state index contributed by atoms with van der Waals surface area (Å²) in [5.74, 6) is -1.06. The summed E-state index contributed by atoms with van der Waals surface area (Å²) < 4.78 is 21.7. The highest BCUT2D eigenvalue weighted by Gasteiger charge is 2.22. The minimum Gasteiger partial charge on any atom is -0.481 e. The molecule has 7 heteroatoms. The van der Waals surface area contributed by atoms with Gasteiger partial charge in [0.15, 0.2) is 0 Å². The van der Waals surface area contributed by atoms with Crippen molar-refractivity contribution in [1.29, 1.82) is 0 Å². The molecule has 0 radical (unpaired) electrons. The molecule has 0 aliphatic carbocycles. The third-order valence-electron chi connectivity index (χ3n) is 2.19. The van der Waals surface area contributed by atoms with Gasteiger partial charge in [-0.2, -0.15) is 0 Å². The lowest BCUT2D eigenvalue weighted by molar-refractivity contribution is -0.137. The Kier molecular flexibility index (Phi) is 5.37. The molecule has 0 amide bonds. The van der Waals surface area contributed by atoms with Gasteiger partial charge in [-0.15, -0.1) is 0 Å². The molecule has 16 heavy (non-hydrogen) atoms. The summed E-state index contributed by atoms with van der Waals surface area (Å²) in [5.41, 5.74) is -0.278. The number of rotatable bonds is 6. The number of carboxylic acids is 1.